The fourth-order valence-electron chi connectivity index (χ4n) is 4.25. The van der Waals surface area contributed by atoms with Gasteiger partial charge in [0.05, 0.1) is 6.04 Å². The molecule has 1 unspecified atom stereocenters. The highest BCUT2D eigenvalue weighted by Gasteiger charge is 2.36. The molecule has 2 aromatic carbocycles. The van der Waals surface area contributed by atoms with Crippen LogP contribution in [0.15, 0.2) is 42.5 Å². The Balaban J connectivity index is 1.73. The summed E-state index contributed by atoms with van der Waals surface area (Å²) in [6.45, 7) is 3.11. The molecular weight excluding hydrogens is 312 g/mol. The highest BCUT2D eigenvalue weighted by atomic mass is 16.3. The van der Waals surface area contributed by atoms with Gasteiger partial charge in [-0.15, -0.1) is 0 Å². The van der Waals surface area contributed by atoms with Crippen LogP contribution in [0.3, 0.4) is 0 Å². The number of aromatic hydroxyl groups is 1. The third kappa shape index (κ3) is 3.12. The maximum Gasteiger partial charge on any atom is 0.115 e. The van der Waals surface area contributed by atoms with Gasteiger partial charge in [-0.3, -0.25) is 4.90 Å². The van der Waals surface area contributed by atoms with Gasteiger partial charge in [0.2, 0.25) is 0 Å². The van der Waals surface area contributed by atoms with Gasteiger partial charge in [-0.05, 0) is 60.6 Å². The van der Waals surface area contributed by atoms with Gasteiger partial charge in [0.25, 0.3) is 0 Å². The normalized spacial score (nSPS) is 26.2. The summed E-state index contributed by atoms with van der Waals surface area (Å²) < 4.78 is 0. The first-order valence-corrected chi connectivity index (χ1v) is 9.28. The first-order valence-electron chi connectivity index (χ1n) is 9.28. The fraction of sp³-hybridized carbons (Fsp3) is 0.429. The van der Waals surface area contributed by atoms with Crippen LogP contribution < -0.4 is 5.32 Å². The Bertz CT molecular complexity index is 761. The lowest BCUT2D eigenvalue weighted by atomic mass is 9.87. The predicted octanol–water partition coefficient (Wildman–Crippen LogP) is 3.97. The van der Waals surface area contributed by atoms with Crippen molar-refractivity contribution in [1.82, 2.24) is 4.90 Å². The number of anilines is 1. The molecule has 3 N–H and O–H groups in total. The third-order valence-corrected chi connectivity index (χ3v) is 5.61. The number of rotatable bonds is 3. The number of hydrogen-bond donors (Lipinski definition) is 3. The number of aryl methyl sites for hydroxylation is 1. The second kappa shape index (κ2) is 6.70. The Labute approximate surface area is 149 Å². The van der Waals surface area contributed by atoms with Crippen LogP contribution in [0, 0.1) is 0 Å². The van der Waals surface area contributed by atoms with Crippen molar-refractivity contribution in [1.29, 1.82) is 0 Å². The summed E-state index contributed by atoms with van der Waals surface area (Å²) in [4.78, 5) is 2.24. The number of aliphatic hydroxyl groups excluding tert-OH is 1. The van der Waals surface area contributed by atoms with E-state index < -0.39 is 0 Å². The van der Waals surface area contributed by atoms with Gasteiger partial charge < -0.3 is 15.5 Å². The number of nitrogens with one attached hydrogen (secondary N) is 1. The van der Waals surface area contributed by atoms with E-state index in [0.29, 0.717) is 5.75 Å². The highest BCUT2D eigenvalue weighted by Crippen LogP contribution is 2.44. The van der Waals surface area contributed by atoms with E-state index in [0.717, 1.165) is 43.5 Å². The molecule has 132 valence electrons. The van der Waals surface area contributed by atoms with E-state index in [1.165, 1.54) is 11.1 Å². The lowest BCUT2D eigenvalue weighted by molar-refractivity contribution is 0.00272. The Morgan fingerprint density at radius 2 is 2.08 bits per heavy atom. The zero-order chi connectivity index (χ0) is 17.4. The molecule has 4 rings (SSSR count). The van der Waals surface area contributed by atoms with Crippen molar-refractivity contribution in [2.75, 3.05) is 11.9 Å². The fourth-order valence-corrected chi connectivity index (χ4v) is 4.25. The number of fused-ring (bicyclic) bond motifs is 1. The van der Waals surface area contributed by atoms with Crippen LogP contribution in [0.4, 0.5) is 5.69 Å². The van der Waals surface area contributed by atoms with E-state index in [1.54, 1.807) is 6.07 Å². The van der Waals surface area contributed by atoms with Crippen LogP contribution >= 0.6 is 0 Å². The van der Waals surface area contributed by atoms with Crippen molar-refractivity contribution in [3.05, 3.63) is 59.2 Å². The van der Waals surface area contributed by atoms with Gasteiger partial charge in [-0.2, -0.15) is 0 Å². The summed E-state index contributed by atoms with van der Waals surface area (Å²) >= 11 is 0. The Morgan fingerprint density at radius 3 is 2.80 bits per heavy atom. The largest absolute Gasteiger partial charge is 0.508 e. The summed E-state index contributed by atoms with van der Waals surface area (Å²) in [5.41, 5.74) is 4.84. The second-order valence-corrected chi connectivity index (χ2v) is 7.18. The summed E-state index contributed by atoms with van der Waals surface area (Å²) in [6.07, 6.45) is 3.44. The van der Waals surface area contributed by atoms with Crippen molar-refractivity contribution >= 4 is 5.69 Å². The molecule has 0 radical (unpaired) electrons. The highest BCUT2D eigenvalue weighted by molar-refractivity contribution is 5.58. The van der Waals surface area contributed by atoms with Crippen molar-refractivity contribution in [3.8, 4) is 5.75 Å². The van der Waals surface area contributed by atoms with E-state index in [-0.39, 0.29) is 18.3 Å². The molecule has 25 heavy (non-hydrogen) atoms. The van der Waals surface area contributed by atoms with E-state index in [2.05, 4.69) is 41.4 Å². The molecule has 2 aromatic rings. The van der Waals surface area contributed by atoms with Gasteiger partial charge in [0.15, 0.2) is 0 Å². The first kappa shape index (κ1) is 16.4. The lowest BCUT2D eigenvalue weighted by Crippen LogP contribution is -2.37. The molecule has 0 amide bonds. The minimum atomic E-state index is -0.356. The SMILES string of the molecule is CCc1ccc2c(c1)[C@@H](N1CCCC1O)C[C@@H](c1cccc(O)c1)N2. The number of nitrogens with zero attached hydrogens (tertiary/aromatic N) is 1. The Kier molecular flexibility index (Phi) is 4.40. The van der Waals surface area contributed by atoms with E-state index in [4.69, 9.17) is 0 Å². The van der Waals surface area contributed by atoms with Crippen molar-refractivity contribution in [2.24, 2.45) is 0 Å². The van der Waals surface area contributed by atoms with Crippen LogP contribution in [0.2, 0.25) is 0 Å². The third-order valence-electron chi connectivity index (χ3n) is 5.61. The number of phenolic OH excluding ortho intramolecular Hbond substituents is 1. The van der Waals surface area contributed by atoms with Crippen molar-refractivity contribution in [3.63, 3.8) is 0 Å². The summed E-state index contributed by atoms with van der Waals surface area (Å²) in [7, 11) is 0. The van der Waals surface area contributed by atoms with E-state index >= 15 is 0 Å². The van der Waals surface area contributed by atoms with Crippen LogP contribution in [0.25, 0.3) is 0 Å². The molecule has 0 saturated carbocycles. The van der Waals surface area contributed by atoms with Gasteiger partial charge >= 0.3 is 0 Å². The smallest absolute Gasteiger partial charge is 0.115 e. The molecule has 3 atom stereocenters. The monoisotopic (exact) mass is 338 g/mol. The number of likely N-dealkylation sites (tertiary alicyclic amines) is 1. The van der Waals surface area contributed by atoms with Gasteiger partial charge in [0, 0.05) is 18.3 Å². The minimum Gasteiger partial charge on any atom is -0.508 e. The molecule has 2 aliphatic heterocycles. The zero-order valence-electron chi connectivity index (χ0n) is 14.7. The zero-order valence-corrected chi connectivity index (χ0v) is 14.7. The maximum atomic E-state index is 10.5. The molecule has 1 saturated heterocycles. The number of hydrogen-bond acceptors (Lipinski definition) is 4. The summed E-state index contributed by atoms with van der Waals surface area (Å²) in [5.74, 6) is 0.296. The molecule has 4 heteroatoms. The molecule has 0 aliphatic carbocycles. The molecule has 2 aliphatic rings. The lowest BCUT2D eigenvalue weighted by Gasteiger charge is -2.39. The average molecular weight is 338 g/mol. The molecule has 2 heterocycles. The van der Waals surface area contributed by atoms with Gasteiger partial charge in [0.1, 0.15) is 12.0 Å². The second-order valence-electron chi connectivity index (χ2n) is 7.18. The number of aliphatic hydroxyl groups is 1. The van der Waals surface area contributed by atoms with Gasteiger partial charge in [-0.25, -0.2) is 0 Å². The molecule has 4 nitrogen and oxygen atoms in total. The predicted molar refractivity (Wildman–Crippen MR) is 99.6 cm³/mol. The van der Waals surface area contributed by atoms with E-state index in [1.807, 2.05) is 12.1 Å². The number of phenols is 1. The van der Waals surface area contributed by atoms with Crippen LogP contribution in [-0.2, 0) is 6.42 Å². The molecular formula is C21H26N2O2. The standard InChI is InChI=1S/C21H26N2O2/c1-2-14-8-9-18-17(11-14)20(23-10-4-7-21(23)25)13-19(22-18)15-5-3-6-16(24)12-15/h3,5-6,8-9,11-12,19-22,24-25H,2,4,7,10,13H2,1H3/t19-,20-,21?/m0/s1. The van der Waals surface area contributed by atoms with Crippen molar-refractivity contribution < 1.29 is 10.2 Å². The summed E-state index contributed by atoms with van der Waals surface area (Å²) in [5, 5.41) is 23.9. The topological polar surface area (TPSA) is 55.7 Å². The first-order chi connectivity index (χ1) is 12.2. The van der Waals surface area contributed by atoms with Crippen molar-refractivity contribution in [2.45, 2.75) is 50.9 Å². The quantitative estimate of drug-likeness (QED) is 0.793. The van der Waals surface area contributed by atoms with Gasteiger partial charge in [-0.1, -0.05) is 31.2 Å². The molecule has 1 fully saturated rings. The van der Waals surface area contributed by atoms with Crippen LogP contribution in [0.5, 0.6) is 5.75 Å². The Morgan fingerprint density at radius 1 is 1.20 bits per heavy atom. The summed E-state index contributed by atoms with van der Waals surface area (Å²) in [6, 6.07) is 14.4. The molecule has 0 aromatic heterocycles. The average Bonchev–Trinajstić information content (AvgIpc) is 3.06. The maximum absolute atomic E-state index is 10.5. The Hall–Kier alpha value is -2.04. The van der Waals surface area contributed by atoms with E-state index in [9.17, 15) is 10.2 Å². The molecule has 0 bridgehead atoms. The minimum absolute atomic E-state index is 0.130. The molecule has 0 spiro atoms. The van der Waals surface area contributed by atoms with Crippen LogP contribution in [-0.4, -0.2) is 27.9 Å². The number of benzene rings is 2. The van der Waals surface area contributed by atoms with Crippen LogP contribution in [0.1, 0.15) is 55.0 Å².